The molecule has 0 unspecified atom stereocenters. The minimum atomic E-state index is -0.0999. The highest BCUT2D eigenvalue weighted by Crippen LogP contribution is 2.35. The maximum Gasteiger partial charge on any atom is 0.260 e. The number of aryl methyl sites for hydroxylation is 2. The third-order valence-electron chi connectivity index (χ3n) is 3.78. The minimum Gasteiger partial charge on any atom is -0.305 e. The molecule has 110 valence electrons. The fourth-order valence-corrected chi connectivity index (χ4v) is 4.27. The van der Waals surface area contributed by atoms with Crippen LogP contribution in [0.25, 0.3) is 21.3 Å². The first-order valence-corrected chi connectivity index (χ1v) is 8.24. The molecule has 1 N–H and O–H groups in total. The van der Waals surface area contributed by atoms with Gasteiger partial charge in [-0.3, -0.25) is 9.78 Å². The largest absolute Gasteiger partial charge is 0.305 e. The zero-order valence-electron chi connectivity index (χ0n) is 11.6. The molecule has 4 rings (SSSR count). The number of nitrogens with zero attached hydrogens (tertiary/aromatic N) is 2. The van der Waals surface area contributed by atoms with Crippen LogP contribution in [0.3, 0.4) is 0 Å². The molecule has 6 heteroatoms. The number of fused-ring (bicyclic) bond motifs is 3. The first-order chi connectivity index (χ1) is 10.7. The molecule has 0 radical (unpaired) electrons. The lowest BCUT2D eigenvalue weighted by Gasteiger charge is -2.00. The van der Waals surface area contributed by atoms with Crippen molar-refractivity contribution in [1.29, 1.82) is 0 Å². The Bertz CT molecular complexity index is 943. The molecule has 0 fully saturated rings. The van der Waals surface area contributed by atoms with Crippen molar-refractivity contribution >= 4 is 44.3 Å². The molecule has 0 aromatic carbocycles. The van der Waals surface area contributed by atoms with Gasteiger partial charge in [-0.05, 0) is 42.5 Å². The SMILES string of the molecule is O=c1[nH]c(/C(Cl)=C/c2cccnc2)nc2sc3c(c12)CCC3. The highest BCUT2D eigenvalue weighted by molar-refractivity contribution is 7.18. The number of aromatic amines is 1. The second-order valence-electron chi connectivity index (χ2n) is 5.23. The van der Waals surface area contributed by atoms with Crippen LogP contribution in [0, 0.1) is 0 Å². The summed E-state index contributed by atoms with van der Waals surface area (Å²) in [6, 6.07) is 3.73. The van der Waals surface area contributed by atoms with Crippen molar-refractivity contribution in [2.45, 2.75) is 19.3 Å². The summed E-state index contributed by atoms with van der Waals surface area (Å²) in [7, 11) is 0. The van der Waals surface area contributed by atoms with E-state index < -0.39 is 0 Å². The number of thiophene rings is 1. The summed E-state index contributed by atoms with van der Waals surface area (Å²) in [5.74, 6) is 0.406. The van der Waals surface area contributed by atoms with Crippen LogP contribution < -0.4 is 5.56 Å². The Morgan fingerprint density at radius 1 is 1.41 bits per heavy atom. The van der Waals surface area contributed by atoms with Gasteiger partial charge in [0.25, 0.3) is 5.56 Å². The highest BCUT2D eigenvalue weighted by atomic mass is 35.5. The predicted octanol–water partition coefficient (Wildman–Crippen LogP) is 3.61. The summed E-state index contributed by atoms with van der Waals surface area (Å²) in [5.41, 5.74) is 1.94. The average Bonchev–Trinajstić information content (AvgIpc) is 3.08. The van der Waals surface area contributed by atoms with Crippen LogP contribution in [-0.4, -0.2) is 15.0 Å². The summed E-state index contributed by atoms with van der Waals surface area (Å²) < 4.78 is 0. The molecule has 4 nitrogen and oxygen atoms in total. The quantitative estimate of drug-likeness (QED) is 0.781. The van der Waals surface area contributed by atoms with Crippen molar-refractivity contribution in [1.82, 2.24) is 15.0 Å². The lowest BCUT2D eigenvalue weighted by atomic mass is 10.2. The van der Waals surface area contributed by atoms with Gasteiger partial charge in [0, 0.05) is 17.3 Å². The molecule has 1 aliphatic carbocycles. The molecule has 0 saturated carbocycles. The zero-order chi connectivity index (χ0) is 15.1. The van der Waals surface area contributed by atoms with Gasteiger partial charge in [0.1, 0.15) is 4.83 Å². The number of halogens is 1. The fourth-order valence-electron chi connectivity index (χ4n) is 2.79. The van der Waals surface area contributed by atoms with E-state index in [-0.39, 0.29) is 5.56 Å². The summed E-state index contributed by atoms with van der Waals surface area (Å²) in [6.07, 6.45) is 8.30. The molecule has 0 atom stereocenters. The van der Waals surface area contributed by atoms with Gasteiger partial charge in [0.15, 0.2) is 5.82 Å². The molecule has 0 spiro atoms. The van der Waals surface area contributed by atoms with Crippen LogP contribution in [0.5, 0.6) is 0 Å². The van der Waals surface area contributed by atoms with E-state index in [1.807, 2.05) is 12.1 Å². The van der Waals surface area contributed by atoms with Gasteiger partial charge in [0.05, 0.1) is 10.4 Å². The molecule has 1 aliphatic rings. The Labute approximate surface area is 135 Å². The van der Waals surface area contributed by atoms with E-state index >= 15 is 0 Å². The van der Waals surface area contributed by atoms with Crippen LogP contribution in [0.15, 0.2) is 29.3 Å². The lowest BCUT2D eigenvalue weighted by Crippen LogP contribution is -2.10. The van der Waals surface area contributed by atoms with Crippen molar-refractivity contribution in [3.8, 4) is 0 Å². The summed E-state index contributed by atoms with van der Waals surface area (Å²) in [6.45, 7) is 0. The fraction of sp³-hybridized carbons (Fsp3) is 0.188. The molecular formula is C16H12ClN3OS. The Hall–Kier alpha value is -1.98. The molecule has 22 heavy (non-hydrogen) atoms. The number of nitrogens with one attached hydrogen (secondary N) is 1. The Balaban J connectivity index is 1.83. The van der Waals surface area contributed by atoms with E-state index in [0.29, 0.717) is 10.9 Å². The first kappa shape index (κ1) is 13.7. The van der Waals surface area contributed by atoms with E-state index in [9.17, 15) is 4.79 Å². The second kappa shape index (κ2) is 5.34. The molecule has 3 heterocycles. The normalized spacial score (nSPS) is 14.5. The molecule has 0 aliphatic heterocycles. The third kappa shape index (κ3) is 2.26. The smallest absolute Gasteiger partial charge is 0.260 e. The Morgan fingerprint density at radius 3 is 3.14 bits per heavy atom. The van der Waals surface area contributed by atoms with E-state index in [1.54, 1.807) is 29.8 Å². The van der Waals surface area contributed by atoms with Gasteiger partial charge in [-0.15, -0.1) is 11.3 Å². The Kier molecular flexibility index (Phi) is 3.32. The van der Waals surface area contributed by atoms with Crippen LogP contribution >= 0.6 is 22.9 Å². The number of pyridine rings is 1. The highest BCUT2D eigenvalue weighted by Gasteiger charge is 2.21. The van der Waals surface area contributed by atoms with E-state index in [1.165, 1.54) is 10.4 Å². The monoisotopic (exact) mass is 329 g/mol. The lowest BCUT2D eigenvalue weighted by molar-refractivity contribution is 0.916. The number of hydrogen-bond donors (Lipinski definition) is 1. The summed E-state index contributed by atoms with van der Waals surface area (Å²) >= 11 is 7.92. The van der Waals surface area contributed by atoms with Crippen molar-refractivity contribution in [3.05, 3.63) is 56.7 Å². The second-order valence-corrected chi connectivity index (χ2v) is 6.72. The maximum absolute atomic E-state index is 12.4. The van der Waals surface area contributed by atoms with Crippen LogP contribution in [0.4, 0.5) is 0 Å². The molecule has 0 bridgehead atoms. The minimum absolute atomic E-state index is 0.0999. The van der Waals surface area contributed by atoms with Gasteiger partial charge in [-0.1, -0.05) is 17.7 Å². The average molecular weight is 330 g/mol. The van der Waals surface area contributed by atoms with Gasteiger partial charge < -0.3 is 4.98 Å². The maximum atomic E-state index is 12.4. The molecular weight excluding hydrogens is 318 g/mol. The van der Waals surface area contributed by atoms with Crippen LogP contribution in [-0.2, 0) is 12.8 Å². The Morgan fingerprint density at radius 2 is 2.32 bits per heavy atom. The van der Waals surface area contributed by atoms with Gasteiger partial charge in [-0.2, -0.15) is 0 Å². The molecule has 0 amide bonds. The van der Waals surface area contributed by atoms with E-state index in [0.717, 1.165) is 35.0 Å². The zero-order valence-corrected chi connectivity index (χ0v) is 13.2. The number of rotatable bonds is 2. The van der Waals surface area contributed by atoms with Gasteiger partial charge in [-0.25, -0.2) is 4.98 Å². The van der Waals surface area contributed by atoms with Crippen molar-refractivity contribution < 1.29 is 0 Å². The summed E-state index contributed by atoms with van der Waals surface area (Å²) in [4.78, 5) is 25.8. The topological polar surface area (TPSA) is 58.6 Å². The van der Waals surface area contributed by atoms with Crippen molar-refractivity contribution in [2.75, 3.05) is 0 Å². The van der Waals surface area contributed by atoms with E-state index in [4.69, 9.17) is 11.6 Å². The number of hydrogen-bond acceptors (Lipinski definition) is 4. The molecule has 0 saturated heterocycles. The molecule has 3 aromatic heterocycles. The first-order valence-electron chi connectivity index (χ1n) is 7.04. The third-order valence-corrected chi connectivity index (χ3v) is 5.25. The number of H-pyrrole nitrogens is 1. The van der Waals surface area contributed by atoms with Crippen molar-refractivity contribution in [2.24, 2.45) is 0 Å². The van der Waals surface area contributed by atoms with Crippen molar-refractivity contribution in [3.63, 3.8) is 0 Å². The van der Waals surface area contributed by atoms with E-state index in [2.05, 4.69) is 15.0 Å². The molecule has 3 aromatic rings. The standard InChI is InChI=1S/C16H12ClN3OS/c17-11(7-9-3-2-6-18-8-9)14-19-15(21)13-10-4-1-5-12(10)22-16(13)20-14/h2-3,6-8H,1,4-5H2,(H,19,20,21)/b11-7-. The van der Waals surface area contributed by atoms with Gasteiger partial charge >= 0.3 is 0 Å². The number of aromatic nitrogens is 3. The van der Waals surface area contributed by atoms with Gasteiger partial charge in [0.2, 0.25) is 0 Å². The van der Waals surface area contributed by atoms with Crippen LogP contribution in [0.2, 0.25) is 0 Å². The van der Waals surface area contributed by atoms with Crippen LogP contribution in [0.1, 0.15) is 28.2 Å². The predicted molar refractivity (Wildman–Crippen MR) is 90.2 cm³/mol. The summed E-state index contributed by atoms with van der Waals surface area (Å²) in [5, 5.41) is 1.15.